The Bertz CT molecular complexity index is 1010. The van der Waals surface area contributed by atoms with E-state index in [-0.39, 0.29) is 12.5 Å². The Balaban J connectivity index is 1.55. The number of aryl methyl sites for hydroxylation is 2. The second-order valence-corrected chi connectivity index (χ2v) is 7.45. The van der Waals surface area contributed by atoms with Gasteiger partial charge in [0.05, 0.1) is 6.61 Å². The predicted molar refractivity (Wildman–Crippen MR) is 125 cm³/mol. The summed E-state index contributed by atoms with van der Waals surface area (Å²) in [6.45, 7) is 5.36. The van der Waals surface area contributed by atoms with Crippen molar-refractivity contribution in [2.45, 2.75) is 26.3 Å². The highest BCUT2D eigenvalue weighted by atomic mass is 16.5. The van der Waals surface area contributed by atoms with Crippen molar-refractivity contribution in [3.8, 4) is 11.6 Å². The molecule has 3 rings (SSSR count). The Labute approximate surface area is 184 Å². The van der Waals surface area contributed by atoms with Crippen LogP contribution < -0.4 is 15.4 Å². The number of rotatable bonds is 8. The highest BCUT2D eigenvalue weighted by molar-refractivity contribution is 5.79. The van der Waals surface area contributed by atoms with Crippen LogP contribution in [0.2, 0.25) is 0 Å². The largest absolute Gasteiger partial charge is 0.439 e. The molecule has 1 atom stereocenters. The van der Waals surface area contributed by atoms with E-state index in [0.717, 1.165) is 16.9 Å². The second kappa shape index (κ2) is 11.1. The number of hydrogen-bond acceptors (Lipinski definition) is 4. The van der Waals surface area contributed by atoms with Crippen molar-refractivity contribution in [2.24, 2.45) is 4.99 Å². The quantitative estimate of drug-likeness (QED) is 0.382. The van der Waals surface area contributed by atoms with Crippen LogP contribution in [0, 0.1) is 13.8 Å². The fraction of sp³-hybridized carbons (Fsp3) is 0.280. The lowest BCUT2D eigenvalue weighted by atomic mass is 10.0. The number of nitrogens with one attached hydrogen (secondary N) is 2. The molecule has 0 radical (unpaired) electrons. The molecule has 0 aliphatic carbocycles. The van der Waals surface area contributed by atoms with E-state index < -0.39 is 0 Å². The number of aliphatic hydroxyl groups is 1. The summed E-state index contributed by atoms with van der Waals surface area (Å²) in [6, 6.07) is 19.8. The average molecular weight is 419 g/mol. The summed E-state index contributed by atoms with van der Waals surface area (Å²) >= 11 is 0. The fourth-order valence-electron chi connectivity index (χ4n) is 3.15. The van der Waals surface area contributed by atoms with E-state index in [1.54, 1.807) is 13.2 Å². The number of aromatic nitrogens is 1. The average Bonchev–Trinajstić information content (AvgIpc) is 2.79. The highest BCUT2D eigenvalue weighted by Crippen LogP contribution is 2.22. The number of nitrogens with zero attached hydrogens (tertiary/aromatic N) is 2. The highest BCUT2D eigenvalue weighted by Gasteiger charge is 2.11. The molecule has 0 aliphatic rings. The number of aliphatic hydroxyl groups excluding tert-OH is 1. The Morgan fingerprint density at radius 3 is 2.55 bits per heavy atom. The molecule has 0 amide bonds. The zero-order valence-corrected chi connectivity index (χ0v) is 18.3. The van der Waals surface area contributed by atoms with E-state index in [0.29, 0.717) is 24.9 Å². The molecule has 0 saturated heterocycles. The van der Waals surface area contributed by atoms with Gasteiger partial charge in [-0.25, -0.2) is 4.98 Å². The maximum atomic E-state index is 9.74. The van der Waals surface area contributed by atoms with Gasteiger partial charge in [0.1, 0.15) is 5.75 Å². The predicted octanol–water partition coefficient (Wildman–Crippen LogP) is 3.93. The van der Waals surface area contributed by atoms with Gasteiger partial charge >= 0.3 is 0 Å². The zero-order valence-electron chi connectivity index (χ0n) is 18.3. The van der Waals surface area contributed by atoms with Crippen LogP contribution in [0.1, 0.15) is 28.2 Å². The third-order valence-electron chi connectivity index (χ3n) is 5.19. The van der Waals surface area contributed by atoms with Gasteiger partial charge in [-0.05, 0) is 54.3 Å². The maximum absolute atomic E-state index is 9.74. The lowest BCUT2D eigenvalue weighted by Crippen LogP contribution is -2.39. The molecule has 0 aliphatic heterocycles. The first-order valence-electron chi connectivity index (χ1n) is 10.4. The minimum atomic E-state index is -0.00126. The van der Waals surface area contributed by atoms with Crippen LogP contribution in [0.25, 0.3) is 0 Å². The van der Waals surface area contributed by atoms with Crippen molar-refractivity contribution < 1.29 is 9.84 Å². The molecule has 0 spiro atoms. The van der Waals surface area contributed by atoms with Crippen LogP contribution in [0.4, 0.5) is 0 Å². The summed E-state index contributed by atoms with van der Waals surface area (Å²) < 4.78 is 5.92. The Morgan fingerprint density at radius 1 is 1.03 bits per heavy atom. The van der Waals surface area contributed by atoms with E-state index in [9.17, 15) is 5.11 Å². The Morgan fingerprint density at radius 2 is 1.84 bits per heavy atom. The van der Waals surface area contributed by atoms with Crippen LogP contribution in [0.5, 0.6) is 11.6 Å². The number of aliphatic imine (C=N–C) groups is 1. The van der Waals surface area contributed by atoms with Crippen LogP contribution >= 0.6 is 0 Å². The molecule has 162 valence electrons. The summed E-state index contributed by atoms with van der Waals surface area (Å²) in [4.78, 5) is 8.59. The molecule has 1 aromatic heterocycles. The van der Waals surface area contributed by atoms with Crippen LogP contribution in [0.3, 0.4) is 0 Å². The van der Waals surface area contributed by atoms with Crippen molar-refractivity contribution in [3.63, 3.8) is 0 Å². The molecule has 6 nitrogen and oxygen atoms in total. The summed E-state index contributed by atoms with van der Waals surface area (Å²) in [7, 11) is 1.73. The molecule has 2 aromatic carbocycles. The van der Waals surface area contributed by atoms with Gasteiger partial charge in [-0.3, -0.25) is 4.99 Å². The van der Waals surface area contributed by atoms with Gasteiger partial charge in [0.25, 0.3) is 0 Å². The minimum absolute atomic E-state index is 0.00126. The molecule has 0 bridgehead atoms. The summed E-state index contributed by atoms with van der Waals surface area (Å²) in [6.07, 6.45) is 1.74. The molecule has 31 heavy (non-hydrogen) atoms. The number of hydrogen-bond donors (Lipinski definition) is 3. The van der Waals surface area contributed by atoms with Gasteiger partial charge in [0.15, 0.2) is 5.96 Å². The first kappa shape index (κ1) is 22.3. The van der Waals surface area contributed by atoms with Crippen molar-refractivity contribution in [1.82, 2.24) is 15.6 Å². The second-order valence-electron chi connectivity index (χ2n) is 7.45. The van der Waals surface area contributed by atoms with Crippen molar-refractivity contribution in [3.05, 3.63) is 89.1 Å². The van der Waals surface area contributed by atoms with Crippen molar-refractivity contribution >= 4 is 5.96 Å². The molecule has 3 aromatic rings. The van der Waals surface area contributed by atoms with E-state index in [2.05, 4.69) is 34.5 Å². The number of pyridine rings is 1. The number of guanidine groups is 1. The van der Waals surface area contributed by atoms with E-state index in [1.165, 1.54) is 11.1 Å². The smallest absolute Gasteiger partial charge is 0.219 e. The van der Waals surface area contributed by atoms with Gasteiger partial charge in [0.2, 0.25) is 5.88 Å². The molecule has 3 N–H and O–H groups in total. The SMILES string of the molecule is CN=C(NCc1ccnc(Oc2ccc(C)c(C)c2)c1)NCC(CO)c1ccccc1. The molecule has 1 unspecified atom stereocenters. The van der Waals surface area contributed by atoms with Gasteiger partial charge in [0, 0.05) is 38.3 Å². The van der Waals surface area contributed by atoms with Crippen molar-refractivity contribution in [2.75, 3.05) is 20.2 Å². The molecular weight excluding hydrogens is 388 g/mol. The zero-order chi connectivity index (χ0) is 22.1. The van der Waals surface area contributed by atoms with Crippen LogP contribution in [-0.4, -0.2) is 36.2 Å². The van der Waals surface area contributed by atoms with Gasteiger partial charge < -0.3 is 20.5 Å². The standard InChI is InChI=1S/C25H30N4O2/c1-18-9-10-23(13-19(18)2)31-24-14-20(11-12-27-24)15-28-25(26-3)29-16-22(17-30)21-7-5-4-6-8-21/h4-14,22,30H,15-17H2,1-3H3,(H2,26,28,29). The molecule has 1 heterocycles. The molecule has 6 heteroatoms. The molecular formula is C25H30N4O2. The number of benzene rings is 2. The topological polar surface area (TPSA) is 78.8 Å². The molecule has 0 fully saturated rings. The Hall–Kier alpha value is -3.38. The lowest BCUT2D eigenvalue weighted by Gasteiger charge is -2.18. The third-order valence-corrected chi connectivity index (χ3v) is 5.19. The monoisotopic (exact) mass is 418 g/mol. The fourth-order valence-corrected chi connectivity index (χ4v) is 3.15. The maximum Gasteiger partial charge on any atom is 0.219 e. The van der Waals surface area contributed by atoms with E-state index in [1.807, 2.05) is 60.7 Å². The molecule has 0 saturated carbocycles. The third kappa shape index (κ3) is 6.55. The Kier molecular flexibility index (Phi) is 8.01. The first-order valence-corrected chi connectivity index (χ1v) is 10.4. The van der Waals surface area contributed by atoms with Crippen molar-refractivity contribution in [1.29, 1.82) is 0 Å². The summed E-state index contributed by atoms with van der Waals surface area (Å²) in [5.41, 5.74) is 4.53. The van der Waals surface area contributed by atoms with Crippen LogP contribution in [0.15, 0.2) is 71.9 Å². The van der Waals surface area contributed by atoms with E-state index >= 15 is 0 Å². The van der Waals surface area contributed by atoms with E-state index in [4.69, 9.17) is 4.74 Å². The van der Waals surface area contributed by atoms with Gasteiger partial charge in [-0.2, -0.15) is 0 Å². The number of ether oxygens (including phenoxy) is 1. The minimum Gasteiger partial charge on any atom is -0.439 e. The normalized spacial score (nSPS) is 12.3. The van der Waals surface area contributed by atoms with Gasteiger partial charge in [-0.1, -0.05) is 36.4 Å². The summed E-state index contributed by atoms with van der Waals surface area (Å²) in [5, 5.41) is 16.3. The van der Waals surface area contributed by atoms with Crippen LogP contribution in [-0.2, 0) is 6.54 Å². The summed E-state index contributed by atoms with van der Waals surface area (Å²) in [5.74, 6) is 1.99. The lowest BCUT2D eigenvalue weighted by molar-refractivity contribution is 0.265. The van der Waals surface area contributed by atoms with Gasteiger partial charge in [-0.15, -0.1) is 0 Å². The first-order chi connectivity index (χ1) is 15.1.